The fourth-order valence-electron chi connectivity index (χ4n) is 2.20. The van der Waals surface area contributed by atoms with E-state index in [0.29, 0.717) is 0 Å². The normalized spacial score (nSPS) is 17.0. The van der Waals surface area contributed by atoms with Crippen LogP contribution in [0.3, 0.4) is 0 Å². The number of nitrogens with zero attached hydrogens (tertiary/aromatic N) is 4. The molecule has 0 spiro atoms. The minimum absolute atomic E-state index is 0.834. The average molecular weight is 244 g/mol. The second kappa shape index (κ2) is 5.18. The first-order chi connectivity index (χ1) is 8.92. The predicted molar refractivity (Wildman–Crippen MR) is 68.2 cm³/mol. The number of piperazine rings is 1. The molecule has 1 fully saturated rings. The van der Waals surface area contributed by atoms with Crippen LogP contribution in [-0.4, -0.2) is 41.0 Å². The van der Waals surface area contributed by atoms with E-state index in [4.69, 9.17) is 4.42 Å². The highest BCUT2D eigenvalue weighted by molar-refractivity contribution is 5.29. The second-order valence-corrected chi connectivity index (χ2v) is 4.44. The van der Waals surface area contributed by atoms with E-state index in [1.165, 1.54) is 5.56 Å². The molecule has 0 aliphatic carbocycles. The molecule has 0 bridgehead atoms. The van der Waals surface area contributed by atoms with Crippen LogP contribution >= 0.6 is 0 Å². The monoisotopic (exact) mass is 244 g/mol. The molecule has 0 saturated carbocycles. The standard InChI is InChI=1S/C13H16N4O/c1-3-14-13(15-4-1)17-7-5-16(6-8-17)10-12-2-9-18-11-12/h1-4,9,11H,5-8,10H2. The smallest absolute Gasteiger partial charge is 0.225 e. The van der Waals surface area contributed by atoms with Gasteiger partial charge in [-0.3, -0.25) is 4.90 Å². The van der Waals surface area contributed by atoms with Crippen molar-refractivity contribution in [2.24, 2.45) is 0 Å². The molecule has 1 saturated heterocycles. The summed E-state index contributed by atoms with van der Waals surface area (Å²) < 4.78 is 5.09. The second-order valence-electron chi connectivity index (χ2n) is 4.44. The third-order valence-electron chi connectivity index (χ3n) is 3.19. The number of hydrogen-bond acceptors (Lipinski definition) is 5. The van der Waals surface area contributed by atoms with Crippen molar-refractivity contribution in [3.8, 4) is 0 Å². The molecule has 0 unspecified atom stereocenters. The van der Waals surface area contributed by atoms with Crippen LogP contribution in [-0.2, 0) is 6.54 Å². The van der Waals surface area contributed by atoms with Crippen molar-refractivity contribution in [3.05, 3.63) is 42.6 Å². The first-order valence-electron chi connectivity index (χ1n) is 6.17. The van der Waals surface area contributed by atoms with Gasteiger partial charge in [0.2, 0.25) is 5.95 Å². The van der Waals surface area contributed by atoms with Gasteiger partial charge in [0.25, 0.3) is 0 Å². The third kappa shape index (κ3) is 2.51. The van der Waals surface area contributed by atoms with Gasteiger partial charge in [-0.05, 0) is 12.1 Å². The van der Waals surface area contributed by atoms with Crippen LogP contribution in [0.5, 0.6) is 0 Å². The molecule has 0 N–H and O–H groups in total. The molecule has 1 aliphatic rings. The van der Waals surface area contributed by atoms with Crippen molar-refractivity contribution < 1.29 is 4.42 Å². The summed E-state index contributed by atoms with van der Waals surface area (Å²) in [6.45, 7) is 4.97. The predicted octanol–water partition coefficient (Wildman–Crippen LogP) is 1.39. The van der Waals surface area contributed by atoms with Crippen molar-refractivity contribution in [1.29, 1.82) is 0 Å². The van der Waals surface area contributed by atoms with Crippen LogP contribution in [0.1, 0.15) is 5.56 Å². The number of rotatable bonds is 3. The van der Waals surface area contributed by atoms with Crippen LogP contribution in [0.25, 0.3) is 0 Å². The Labute approximate surface area is 106 Å². The van der Waals surface area contributed by atoms with E-state index in [9.17, 15) is 0 Å². The van der Waals surface area contributed by atoms with E-state index in [1.54, 1.807) is 18.7 Å². The van der Waals surface area contributed by atoms with E-state index in [-0.39, 0.29) is 0 Å². The summed E-state index contributed by atoms with van der Waals surface area (Å²) in [5.74, 6) is 0.834. The molecule has 3 heterocycles. The van der Waals surface area contributed by atoms with E-state index < -0.39 is 0 Å². The lowest BCUT2D eigenvalue weighted by molar-refractivity contribution is 0.248. The van der Waals surface area contributed by atoms with Crippen LogP contribution in [0.4, 0.5) is 5.95 Å². The zero-order chi connectivity index (χ0) is 12.2. The SMILES string of the molecule is c1cnc(N2CCN(Cc3ccoc3)CC2)nc1. The lowest BCUT2D eigenvalue weighted by atomic mass is 10.2. The molecule has 2 aromatic heterocycles. The fraction of sp³-hybridized carbons (Fsp3) is 0.385. The van der Waals surface area contributed by atoms with Crippen molar-refractivity contribution in [2.45, 2.75) is 6.54 Å². The van der Waals surface area contributed by atoms with Crippen LogP contribution in [0.2, 0.25) is 0 Å². The summed E-state index contributed by atoms with van der Waals surface area (Å²) >= 11 is 0. The Morgan fingerprint density at radius 1 is 1.11 bits per heavy atom. The summed E-state index contributed by atoms with van der Waals surface area (Å²) in [4.78, 5) is 13.2. The Balaban J connectivity index is 1.55. The van der Waals surface area contributed by atoms with Gasteiger partial charge in [-0.25, -0.2) is 9.97 Å². The molecule has 1 aliphatic heterocycles. The quantitative estimate of drug-likeness (QED) is 0.816. The molecule has 0 radical (unpaired) electrons. The lowest BCUT2D eigenvalue weighted by Gasteiger charge is -2.34. The molecular weight excluding hydrogens is 228 g/mol. The molecule has 0 amide bonds. The Kier molecular flexibility index (Phi) is 3.23. The highest BCUT2D eigenvalue weighted by Gasteiger charge is 2.18. The van der Waals surface area contributed by atoms with Crippen LogP contribution in [0, 0.1) is 0 Å². The van der Waals surface area contributed by atoms with Gasteiger partial charge < -0.3 is 9.32 Å². The highest BCUT2D eigenvalue weighted by atomic mass is 16.3. The molecule has 3 rings (SSSR count). The van der Waals surface area contributed by atoms with E-state index >= 15 is 0 Å². The molecule has 0 atom stereocenters. The number of aromatic nitrogens is 2. The fourth-order valence-corrected chi connectivity index (χ4v) is 2.20. The van der Waals surface area contributed by atoms with E-state index in [2.05, 4.69) is 19.8 Å². The summed E-state index contributed by atoms with van der Waals surface area (Å²) in [6.07, 6.45) is 7.12. The summed E-state index contributed by atoms with van der Waals surface area (Å²) in [7, 11) is 0. The molecule has 18 heavy (non-hydrogen) atoms. The van der Waals surface area contributed by atoms with Crippen LogP contribution < -0.4 is 4.90 Å². The van der Waals surface area contributed by atoms with E-state index in [0.717, 1.165) is 38.7 Å². The summed E-state index contributed by atoms with van der Waals surface area (Å²) in [5, 5.41) is 0. The minimum atomic E-state index is 0.834. The molecule has 5 nitrogen and oxygen atoms in total. The lowest BCUT2D eigenvalue weighted by Crippen LogP contribution is -2.46. The molecule has 2 aromatic rings. The maximum Gasteiger partial charge on any atom is 0.225 e. The van der Waals surface area contributed by atoms with Crippen molar-refractivity contribution in [1.82, 2.24) is 14.9 Å². The topological polar surface area (TPSA) is 45.4 Å². The van der Waals surface area contributed by atoms with Crippen molar-refractivity contribution >= 4 is 5.95 Å². The third-order valence-corrected chi connectivity index (χ3v) is 3.19. The van der Waals surface area contributed by atoms with Gasteiger partial charge in [0.1, 0.15) is 0 Å². The Morgan fingerprint density at radius 2 is 1.89 bits per heavy atom. The number of anilines is 1. The summed E-state index contributed by atoms with van der Waals surface area (Å²) in [6, 6.07) is 3.87. The zero-order valence-electron chi connectivity index (χ0n) is 10.2. The molecule has 5 heteroatoms. The van der Waals surface area contributed by atoms with Gasteiger partial charge >= 0.3 is 0 Å². The van der Waals surface area contributed by atoms with Gasteiger partial charge in [0, 0.05) is 50.7 Å². The van der Waals surface area contributed by atoms with Gasteiger partial charge in [-0.2, -0.15) is 0 Å². The van der Waals surface area contributed by atoms with Gasteiger partial charge in [-0.1, -0.05) is 0 Å². The molecule has 0 aromatic carbocycles. The Bertz CT molecular complexity index is 463. The summed E-state index contributed by atoms with van der Waals surface area (Å²) in [5.41, 5.74) is 1.24. The maximum atomic E-state index is 5.09. The first-order valence-corrected chi connectivity index (χ1v) is 6.17. The maximum absolute atomic E-state index is 5.09. The zero-order valence-corrected chi connectivity index (χ0v) is 10.2. The largest absolute Gasteiger partial charge is 0.472 e. The highest BCUT2D eigenvalue weighted by Crippen LogP contribution is 2.12. The minimum Gasteiger partial charge on any atom is -0.472 e. The molecular formula is C13H16N4O. The average Bonchev–Trinajstić information content (AvgIpc) is 2.94. The van der Waals surface area contributed by atoms with Crippen molar-refractivity contribution in [2.75, 3.05) is 31.1 Å². The number of furan rings is 1. The van der Waals surface area contributed by atoms with E-state index in [1.807, 2.05) is 18.4 Å². The van der Waals surface area contributed by atoms with Gasteiger partial charge in [0.15, 0.2) is 0 Å². The van der Waals surface area contributed by atoms with Crippen molar-refractivity contribution in [3.63, 3.8) is 0 Å². The number of hydrogen-bond donors (Lipinski definition) is 0. The van der Waals surface area contributed by atoms with Gasteiger partial charge in [-0.15, -0.1) is 0 Å². The Morgan fingerprint density at radius 3 is 2.56 bits per heavy atom. The van der Waals surface area contributed by atoms with Gasteiger partial charge in [0.05, 0.1) is 12.5 Å². The first kappa shape index (κ1) is 11.2. The molecule has 94 valence electrons. The Hall–Kier alpha value is -1.88. The van der Waals surface area contributed by atoms with Crippen LogP contribution in [0.15, 0.2) is 41.5 Å².